The van der Waals surface area contributed by atoms with Gasteiger partial charge in [0.2, 0.25) is 5.95 Å². The Kier molecular flexibility index (Phi) is 4.75. The molecule has 1 atom stereocenters. The van der Waals surface area contributed by atoms with E-state index >= 15 is 0 Å². The first kappa shape index (κ1) is 18.5. The van der Waals surface area contributed by atoms with Gasteiger partial charge in [-0.3, -0.25) is 0 Å². The third kappa shape index (κ3) is 3.05. The minimum Gasteiger partial charge on any atom is -0.496 e. The summed E-state index contributed by atoms with van der Waals surface area (Å²) in [7, 11) is 3.42. The van der Waals surface area contributed by atoms with E-state index in [-0.39, 0.29) is 6.04 Å². The highest BCUT2D eigenvalue weighted by atomic mass is 16.5. The zero-order valence-electron chi connectivity index (χ0n) is 17.1. The predicted molar refractivity (Wildman–Crippen MR) is 117 cm³/mol. The van der Waals surface area contributed by atoms with E-state index in [4.69, 9.17) is 9.47 Å². The van der Waals surface area contributed by atoms with Gasteiger partial charge in [-0.1, -0.05) is 36.4 Å². The second-order valence-corrected chi connectivity index (χ2v) is 7.46. The van der Waals surface area contributed by atoms with Gasteiger partial charge in [-0.25, -0.2) is 4.68 Å². The maximum absolute atomic E-state index is 5.69. The van der Waals surface area contributed by atoms with Crippen molar-refractivity contribution in [2.24, 2.45) is 0 Å². The molecular formula is C24H24N4O2. The zero-order valence-corrected chi connectivity index (χ0v) is 17.1. The van der Waals surface area contributed by atoms with Gasteiger partial charge in [0.15, 0.2) is 0 Å². The molecule has 1 aromatic heterocycles. The van der Waals surface area contributed by atoms with Crippen molar-refractivity contribution in [1.82, 2.24) is 14.8 Å². The van der Waals surface area contributed by atoms with Crippen LogP contribution in [0.15, 0.2) is 71.7 Å². The summed E-state index contributed by atoms with van der Waals surface area (Å²) >= 11 is 0. The molecule has 0 saturated heterocycles. The van der Waals surface area contributed by atoms with Crippen LogP contribution in [0.1, 0.15) is 36.4 Å². The highest BCUT2D eigenvalue weighted by Crippen LogP contribution is 2.45. The van der Waals surface area contributed by atoms with Gasteiger partial charge in [0.25, 0.3) is 0 Å². The van der Waals surface area contributed by atoms with Gasteiger partial charge in [-0.05, 0) is 48.6 Å². The number of ether oxygens (including phenoxy) is 2. The zero-order chi connectivity index (χ0) is 20.5. The summed E-state index contributed by atoms with van der Waals surface area (Å²) in [6, 6.07) is 16.2. The van der Waals surface area contributed by atoms with Crippen molar-refractivity contribution in [3.8, 4) is 11.5 Å². The third-order valence-electron chi connectivity index (χ3n) is 5.82. The van der Waals surface area contributed by atoms with Crippen molar-refractivity contribution < 1.29 is 9.47 Å². The van der Waals surface area contributed by atoms with Crippen LogP contribution < -0.4 is 14.8 Å². The fourth-order valence-electron chi connectivity index (χ4n) is 4.48. The number of nitrogens with zero attached hydrogens (tertiary/aromatic N) is 3. The molecule has 30 heavy (non-hydrogen) atoms. The van der Waals surface area contributed by atoms with E-state index in [1.807, 2.05) is 41.1 Å². The van der Waals surface area contributed by atoms with Crippen molar-refractivity contribution in [2.45, 2.75) is 25.3 Å². The van der Waals surface area contributed by atoms with E-state index in [2.05, 4.69) is 33.6 Å². The molecule has 0 fully saturated rings. The summed E-state index contributed by atoms with van der Waals surface area (Å²) in [5.74, 6) is 2.48. The average molecular weight is 400 g/mol. The van der Waals surface area contributed by atoms with Gasteiger partial charge in [-0.15, -0.1) is 0 Å². The molecule has 0 bridgehead atoms. The Bertz CT molecular complexity index is 1150. The van der Waals surface area contributed by atoms with Crippen LogP contribution in [0.5, 0.6) is 11.5 Å². The molecule has 0 radical (unpaired) electrons. The quantitative estimate of drug-likeness (QED) is 0.680. The van der Waals surface area contributed by atoms with Crippen LogP contribution in [-0.2, 0) is 0 Å². The maximum Gasteiger partial charge on any atom is 0.226 e. The number of aromatic nitrogens is 3. The molecule has 0 spiro atoms. The summed E-state index contributed by atoms with van der Waals surface area (Å²) in [4.78, 5) is 4.47. The predicted octanol–water partition coefficient (Wildman–Crippen LogP) is 4.83. The van der Waals surface area contributed by atoms with Crippen molar-refractivity contribution in [3.63, 3.8) is 0 Å². The Morgan fingerprint density at radius 1 is 1.00 bits per heavy atom. The Hall–Kier alpha value is -3.54. The lowest BCUT2D eigenvalue weighted by Crippen LogP contribution is -2.28. The Labute approximate surface area is 175 Å². The van der Waals surface area contributed by atoms with E-state index in [9.17, 15) is 0 Å². The Balaban J connectivity index is 1.67. The Morgan fingerprint density at radius 3 is 2.60 bits per heavy atom. The summed E-state index contributed by atoms with van der Waals surface area (Å²) in [6.07, 6.45) is 6.90. The molecule has 6 nitrogen and oxygen atoms in total. The fourth-order valence-corrected chi connectivity index (χ4v) is 4.48. The van der Waals surface area contributed by atoms with Gasteiger partial charge in [0, 0.05) is 16.8 Å². The molecule has 2 aromatic carbocycles. The molecule has 3 aromatic rings. The number of allylic oxidation sites excluding steroid dienone is 2. The summed E-state index contributed by atoms with van der Waals surface area (Å²) in [5.41, 5.74) is 5.88. The topological polar surface area (TPSA) is 61.2 Å². The lowest BCUT2D eigenvalue weighted by Gasteiger charge is -2.35. The molecule has 152 valence electrons. The van der Waals surface area contributed by atoms with Crippen LogP contribution in [0, 0.1) is 0 Å². The lowest BCUT2D eigenvalue weighted by atomic mass is 9.83. The van der Waals surface area contributed by atoms with E-state index in [1.165, 1.54) is 11.1 Å². The van der Waals surface area contributed by atoms with Crippen LogP contribution in [-0.4, -0.2) is 29.0 Å². The number of para-hydroxylation sites is 2. The van der Waals surface area contributed by atoms with Crippen molar-refractivity contribution in [1.29, 1.82) is 0 Å². The molecule has 6 heteroatoms. The molecule has 2 aliphatic rings. The second-order valence-electron chi connectivity index (χ2n) is 7.46. The largest absolute Gasteiger partial charge is 0.496 e. The smallest absolute Gasteiger partial charge is 0.226 e. The van der Waals surface area contributed by atoms with Crippen LogP contribution in [0.2, 0.25) is 0 Å². The number of nitrogens with one attached hydrogen (secondary N) is 1. The number of fused-ring (bicyclic) bond motifs is 1. The van der Waals surface area contributed by atoms with Crippen molar-refractivity contribution >= 4 is 12.0 Å². The highest BCUT2D eigenvalue weighted by Gasteiger charge is 2.34. The molecule has 1 aliphatic heterocycles. The molecule has 1 N–H and O–H groups in total. The normalized spacial score (nSPS) is 19.1. The molecule has 0 saturated carbocycles. The van der Waals surface area contributed by atoms with E-state index in [1.54, 1.807) is 20.5 Å². The van der Waals surface area contributed by atoms with E-state index in [0.717, 1.165) is 53.5 Å². The lowest BCUT2D eigenvalue weighted by molar-refractivity contribution is 0.400. The molecule has 1 aliphatic carbocycles. The molecule has 2 heterocycles. The molecular weight excluding hydrogens is 376 g/mol. The number of anilines is 1. The number of hydrogen-bond acceptors (Lipinski definition) is 5. The third-order valence-corrected chi connectivity index (χ3v) is 5.82. The van der Waals surface area contributed by atoms with Crippen LogP contribution in [0.25, 0.3) is 6.08 Å². The molecule has 0 unspecified atom stereocenters. The van der Waals surface area contributed by atoms with Gasteiger partial charge >= 0.3 is 0 Å². The van der Waals surface area contributed by atoms with Gasteiger partial charge in [-0.2, -0.15) is 10.1 Å². The highest BCUT2D eigenvalue weighted by molar-refractivity contribution is 5.68. The van der Waals surface area contributed by atoms with Crippen molar-refractivity contribution in [3.05, 3.63) is 82.8 Å². The maximum atomic E-state index is 5.69. The SMILES string of the molecule is COc1ccccc1/C=C1/CCCC2=C1Nc1ncnn1[C@@H]2c1ccccc1OC. The second kappa shape index (κ2) is 7.71. The first-order valence-electron chi connectivity index (χ1n) is 10.2. The Morgan fingerprint density at radius 2 is 1.77 bits per heavy atom. The minimum atomic E-state index is -0.0451. The monoisotopic (exact) mass is 400 g/mol. The van der Waals surface area contributed by atoms with Crippen molar-refractivity contribution in [2.75, 3.05) is 19.5 Å². The van der Waals surface area contributed by atoms with Gasteiger partial charge < -0.3 is 14.8 Å². The standard InChI is InChI=1S/C24H24N4O2/c1-29-20-12-5-3-8-16(20)14-17-9-7-11-19-22(17)27-24-25-15-26-28(24)23(19)18-10-4-6-13-21(18)30-2/h3-6,8,10,12-15,23H,7,9,11H2,1-2H3,(H,25,26,27)/b17-14-/t23-/m1/s1. The minimum absolute atomic E-state index is 0.0451. The summed E-state index contributed by atoms with van der Waals surface area (Å²) < 4.78 is 13.2. The average Bonchev–Trinajstić information content (AvgIpc) is 3.26. The van der Waals surface area contributed by atoms with E-state index in [0.29, 0.717) is 0 Å². The summed E-state index contributed by atoms with van der Waals surface area (Å²) in [5, 5.41) is 8.07. The number of hydrogen-bond donors (Lipinski definition) is 1. The fraction of sp³-hybridized carbons (Fsp3) is 0.250. The van der Waals surface area contributed by atoms with Crippen LogP contribution in [0.3, 0.4) is 0 Å². The van der Waals surface area contributed by atoms with Gasteiger partial charge in [0.1, 0.15) is 23.9 Å². The van der Waals surface area contributed by atoms with E-state index < -0.39 is 0 Å². The molecule has 5 rings (SSSR count). The van der Waals surface area contributed by atoms with Crippen LogP contribution >= 0.6 is 0 Å². The first-order chi connectivity index (χ1) is 14.8. The number of benzene rings is 2. The number of rotatable bonds is 4. The summed E-state index contributed by atoms with van der Waals surface area (Å²) in [6.45, 7) is 0. The first-order valence-corrected chi connectivity index (χ1v) is 10.2. The van der Waals surface area contributed by atoms with Gasteiger partial charge in [0.05, 0.1) is 14.2 Å². The number of methoxy groups -OCH3 is 2. The molecule has 0 amide bonds. The van der Waals surface area contributed by atoms with Crippen LogP contribution in [0.4, 0.5) is 5.95 Å².